The number of nitrogens with zero attached hydrogens (tertiary/aromatic N) is 5. The van der Waals surface area contributed by atoms with Gasteiger partial charge in [-0.25, -0.2) is 0 Å². The molecule has 9 nitrogen and oxygen atoms in total. The monoisotopic (exact) mass is 557 g/mol. The molecule has 2 aromatic carbocycles. The number of para-hydroxylation sites is 1. The van der Waals surface area contributed by atoms with E-state index in [2.05, 4.69) is 10.3 Å². The minimum absolute atomic E-state index is 0.0339. The first kappa shape index (κ1) is 28.7. The van der Waals surface area contributed by atoms with Crippen LogP contribution < -0.4 is 9.80 Å². The number of hydrogen-bond acceptors (Lipinski definition) is 6. The highest BCUT2D eigenvalue weighted by atomic mass is 16.3. The van der Waals surface area contributed by atoms with Crippen LogP contribution in [0.5, 0.6) is 0 Å². The summed E-state index contributed by atoms with van der Waals surface area (Å²) in [6, 6.07) is 15.3. The van der Waals surface area contributed by atoms with Crippen molar-refractivity contribution in [1.82, 2.24) is 15.0 Å². The highest BCUT2D eigenvalue weighted by molar-refractivity contribution is 6.07. The third-order valence-corrected chi connectivity index (χ3v) is 8.15. The molecule has 216 valence electrons. The molecule has 1 fully saturated rings. The van der Waals surface area contributed by atoms with Crippen LogP contribution in [0.3, 0.4) is 0 Å². The van der Waals surface area contributed by atoms with E-state index in [0.717, 1.165) is 49.2 Å². The summed E-state index contributed by atoms with van der Waals surface area (Å²) in [5, 5.41) is 29.0. The van der Waals surface area contributed by atoms with Gasteiger partial charge in [-0.2, -0.15) is 0 Å². The van der Waals surface area contributed by atoms with Gasteiger partial charge in [-0.3, -0.25) is 14.3 Å². The fraction of sp³-hybridized carbons (Fsp3) is 0.438. The van der Waals surface area contributed by atoms with Crippen LogP contribution in [0.4, 0.5) is 11.4 Å². The van der Waals surface area contributed by atoms with E-state index in [-0.39, 0.29) is 18.4 Å². The highest BCUT2D eigenvalue weighted by Gasteiger charge is 2.52. The summed E-state index contributed by atoms with van der Waals surface area (Å²) in [6.45, 7) is 3.56. The molecule has 3 aromatic rings. The lowest BCUT2D eigenvalue weighted by Gasteiger charge is -2.28. The van der Waals surface area contributed by atoms with E-state index in [0.29, 0.717) is 43.6 Å². The fourth-order valence-electron chi connectivity index (χ4n) is 5.78. The van der Waals surface area contributed by atoms with Crippen molar-refractivity contribution in [3.8, 4) is 0 Å². The maximum atomic E-state index is 13.8. The second-order valence-corrected chi connectivity index (χ2v) is 11.0. The number of aliphatic hydroxyl groups is 2. The van der Waals surface area contributed by atoms with Crippen LogP contribution in [0, 0.1) is 5.92 Å². The molecule has 1 aromatic heterocycles. The fourth-order valence-corrected chi connectivity index (χ4v) is 5.78. The van der Waals surface area contributed by atoms with Gasteiger partial charge in [-0.05, 0) is 43.0 Å². The van der Waals surface area contributed by atoms with E-state index in [1.165, 1.54) is 0 Å². The summed E-state index contributed by atoms with van der Waals surface area (Å²) in [4.78, 5) is 30.0. The Kier molecular flexibility index (Phi) is 8.95. The zero-order chi connectivity index (χ0) is 28.8. The van der Waals surface area contributed by atoms with E-state index in [1.807, 2.05) is 78.7 Å². The summed E-state index contributed by atoms with van der Waals surface area (Å²) in [7, 11) is 0. The molecule has 2 N–H and O–H groups in total. The molecule has 5 rings (SSSR count). The summed E-state index contributed by atoms with van der Waals surface area (Å²) in [6.07, 6.45) is 11.6. The normalized spacial score (nSPS) is 20.4. The van der Waals surface area contributed by atoms with Crippen LogP contribution in [-0.2, 0) is 34.7 Å². The first-order valence-electron chi connectivity index (χ1n) is 14.6. The Bertz CT molecular complexity index is 1380. The first-order chi connectivity index (χ1) is 19.9. The predicted octanol–water partition coefficient (Wildman–Crippen LogP) is 4.13. The van der Waals surface area contributed by atoms with Gasteiger partial charge in [0.2, 0.25) is 5.91 Å². The third kappa shape index (κ3) is 6.11. The summed E-state index contributed by atoms with van der Waals surface area (Å²) in [5.74, 6) is -0.632. The topological polar surface area (TPSA) is 112 Å². The molecule has 2 atom stereocenters. The van der Waals surface area contributed by atoms with Gasteiger partial charge in [0.05, 0.1) is 17.9 Å². The molecule has 0 bridgehead atoms. The van der Waals surface area contributed by atoms with E-state index >= 15 is 0 Å². The Hall–Kier alpha value is -3.82. The Morgan fingerprint density at radius 1 is 1.05 bits per heavy atom. The quantitative estimate of drug-likeness (QED) is 0.363. The van der Waals surface area contributed by atoms with Gasteiger partial charge >= 0.3 is 0 Å². The summed E-state index contributed by atoms with van der Waals surface area (Å²) >= 11 is 0. The minimum atomic E-state index is -1.68. The van der Waals surface area contributed by atoms with Crippen LogP contribution in [0.1, 0.15) is 62.3 Å². The van der Waals surface area contributed by atoms with Crippen molar-refractivity contribution in [3.63, 3.8) is 0 Å². The first-order valence-corrected chi connectivity index (χ1v) is 14.6. The molecule has 0 saturated carbocycles. The van der Waals surface area contributed by atoms with Gasteiger partial charge in [0, 0.05) is 55.9 Å². The number of fused-ring (bicyclic) bond motifs is 1. The van der Waals surface area contributed by atoms with Gasteiger partial charge in [-0.15, -0.1) is 5.10 Å². The zero-order valence-corrected chi connectivity index (χ0v) is 23.7. The third-order valence-electron chi connectivity index (χ3n) is 8.15. The van der Waals surface area contributed by atoms with Crippen molar-refractivity contribution in [2.45, 2.75) is 70.6 Å². The molecule has 0 aliphatic carbocycles. The molecule has 2 aliphatic rings. The molecule has 2 aliphatic heterocycles. The second kappa shape index (κ2) is 12.8. The van der Waals surface area contributed by atoms with Crippen LogP contribution in [0.2, 0.25) is 0 Å². The van der Waals surface area contributed by atoms with Crippen molar-refractivity contribution in [2.75, 3.05) is 23.0 Å². The van der Waals surface area contributed by atoms with E-state index < -0.39 is 11.5 Å². The average molecular weight is 558 g/mol. The number of aryl methyl sites for hydroxylation is 1. The Morgan fingerprint density at radius 2 is 1.83 bits per heavy atom. The number of rotatable bonds is 10. The van der Waals surface area contributed by atoms with Crippen molar-refractivity contribution < 1.29 is 19.8 Å². The molecule has 1 saturated heterocycles. The van der Waals surface area contributed by atoms with Gasteiger partial charge < -0.3 is 20.0 Å². The number of carbonyl (C=O) groups excluding carboxylic acids is 2. The van der Waals surface area contributed by atoms with Crippen molar-refractivity contribution in [2.24, 2.45) is 5.92 Å². The molecule has 0 unspecified atom stereocenters. The minimum Gasteiger partial charge on any atom is -0.396 e. The van der Waals surface area contributed by atoms with Crippen LogP contribution >= 0.6 is 0 Å². The lowest BCUT2D eigenvalue weighted by Crippen LogP contribution is -2.44. The smallest absolute Gasteiger partial charge is 0.264 e. The number of aliphatic hydroxyl groups excluding tert-OH is 1. The number of hydrogen-bond donors (Lipinski definition) is 2. The summed E-state index contributed by atoms with van der Waals surface area (Å²) in [5.41, 5.74) is 2.20. The van der Waals surface area contributed by atoms with Crippen LogP contribution in [0.15, 0.2) is 66.9 Å². The summed E-state index contributed by atoms with van der Waals surface area (Å²) < 4.78 is 1.72. The van der Waals surface area contributed by atoms with Gasteiger partial charge in [-0.1, -0.05) is 67.5 Å². The zero-order valence-electron chi connectivity index (χ0n) is 23.7. The SMILES string of the molecule is C[C@@H](/C=C/CCn1cc(CCO)nn1)[C@]1(O)C(=O)N(Cc2ccc(N3CCCCCCC3=O)cc2)c2ccccc21. The molecule has 2 amide bonds. The molecular formula is C32H39N5O4. The van der Waals surface area contributed by atoms with E-state index in [4.69, 9.17) is 5.11 Å². The second-order valence-electron chi connectivity index (χ2n) is 11.0. The Labute approximate surface area is 241 Å². The molecule has 0 spiro atoms. The largest absolute Gasteiger partial charge is 0.396 e. The van der Waals surface area contributed by atoms with Crippen LogP contribution in [0.25, 0.3) is 0 Å². The predicted molar refractivity (Wildman–Crippen MR) is 157 cm³/mol. The average Bonchev–Trinajstić information content (AvgIpc) is 3.51. The van der Waals surface area contributed by atoms with Crippen molar-refractivity contribution in [1.29, 1.82) is 0 Å². The number of anilines is 2. The van der Waals surface area contributed by atoms with Crippen molar-refractivity contribution >= 4 is 23.2 Å². The maximum absolute atomic E-state index is 13.8. The molecule has 3 heterocycles. The Balaban J connectivity index is 1.28. The van der Waals surface area contributed by atoms with Crippen LogP contribution in [-0.4, -0.2) is 50.2 Å². The van der Waals surface area contributed by atoms with Gasteiger partial charge in [0.1, 0.15) is 0 Å². The number of aromatic nitrogens is 3. The number of carbonyl (C=O) groups is 2. The van der Waals surface area contributed by atoms with Gasteiger partial charge in [0.15, 0.2) is 5.60 Å². The lowest BCUT2D eigenvalue weighted by atomic mass is 9.83. The number of benzene rings is 2. The lowest BCUT2D eigenvalue weighted by molar-refractivity contribution is -0.139. The van der Waals surface area contributed by atoms with Gasteiger partial charge in [0.25, 0.3) is 5.91 Å². The molecule has 9 heteroatoms. The maximum Gasteiger partial charge on any atom is 0.264 e. The number of amides is 2. The van der Waals surface area contributed by atoms with E-state index in [1.54, 1.807) is 9.58 Å². The van der Waals surface area contributed by atoms with E-state index in [9.17, 15) is 14.7 Å². The molecular weight excluding hydrogens is 518 g/mol. The molecule has 41 heavy (non-hydrogen) atoms. The number of allylic oxidation sites excluding steroid dienone is 1. The Morgan fingerprint density at radius 3 is 2.63 bits per heavy atom. The van der Waals surface area contributed by atoms with Crippen molar-refractivity contribution in [3.05, 3.63) is 83.7 Å². The molecule has 0 radical (unpaired) electrons. The highest BCUT2D eigenvalue weighted by Crippen LogP contribution is 2.45. The standard InChI is InChI=1S/C32H39N5O4/c1-24(10-7-9-19-35-23-26(18-21-38)33-34-35)32(41)28-11-5-6-12-29(28)37(31(32)40)22-25-14-16-27(17-15-25)36-20-8-3-2-4-13-30(36)39/h5-7,10-12,14-17,23-24,38,41H,2-4,8-9,13,18-22H2,1H3/b10-7+/t24-,32+/m0/s1.